The topological polar surface area (TPSA) is 108 Å². The lowest BCUT2D eigenvalue weighted by Crippen LogP contribution is -2.54. The number of carbonyl (C=O) groups is 2. The minimum absolute atomic E-state index is 0.0102. The van der Waals surface area contributed by atoms with E-state index in [4.69, 9.17) is 28.1 Å². The zero-order valence-corrected chi connectivity index (χ0v) is 34.1. The largest absolute Gasteiger partial charge is 0.497 e. The Morgan fingerprint density at radius 1 is 0.944 bits per heavy atom. The first-order chi connectivity index (χ1) is 25.9. The van der Waals surface area contributed by atoms with Crippen LogP contribution in [0.5, 0.6) is 11.5 Å². The number of carbonyl (C=O) groups excluding carboxylic acids is 2. The molecule has 3 atom stereocenters. The van der Waals surface area contributed by atoms with Gasteiger partial charge < -0.3 is 43.2 Å². The van der Waals surface area contributed by atoms with E-state index in [0.717, 1.165) is 53.4 Å². The summed E-state index contributed by atoms with van der Waals surface area (Å²) in [6.45, 7) is 15.2. The smallest absolute Gasteiger partial charge is 0.410 e. The summed E-state index contributed by atoms with van der Waals surface area (Å²) in [5.41, 5.74) is 3.99. The maximum Gasteiger partial charge on any atom is 0.410 e. The number of ether oxygens (including phenoxy) is 5. The quantitative estimate of drug-likeness (QED) is 0.122. The monoisotopic (exact) mass is 761 g/mol. The van der Waals surface area contributed by atoms with Gasteiger partial charge in [0.05, 0.1) is 38.6 Å². The molecule has 3 aromatic rings. The van der Waals surface area contributed by atoms with Gasteiger partial charge in [0.1, 0.15) is 31.3 Å². The van der Waals surface area contributed by atoms with Crippen LogP contribution in [0, 0.1) is 5.92 Å². The Balaban J connectivity index is 1.39. The van der Waals surface area contributed by atoms with Crippen molar-refractivity contribution in [1.82, 2.24) is 10.2 Å². The molecule has 1 fully saturated rings. The molecule has 2 amide bonds. The number of rotatable bonds is 16. The van der Waals surface area contributed by atoms with Crippen molar-refractivity contribution in [3.63, 3.8) is 0 Å². The van der Waals surface area contributed by atoms with Gasteiger partial charge in [0.15, 0.2) is 8.32 Å². The number of methoxy groups -OCH3 is 2. The second kappa shape index (κ2) is 19.0. The van der Waals surface area contributed by atoms with Crippen molar-refractivity contribution in [1.29, 1.82) is 0 Å². The molecule has 0 bridgehead atoms. The van der Waals surface area contributed by atoms with Crippen molar-refractivity contribution in [2.75, 3.05) is 71.7 Å². The fraction of sp³-hybridized carbons (Fsp3) is 0.524. The molecule has 5 rings (SSSR count). The first-order valence-electron chi connectivity index (χ1n) is 19.0. The van der Waals surface area contributed by atoms with Gasteiger partial charge >= 0.3 is 6.09 Å². The highest BCUT2D eigenvalue weighted by Gasteiger charge is 2.42. The van der Waals surface area contributed by atoms with E-state index in [2.05, 4.69) is 50.1 Å². The lowest BCUT2D eigenvalue weighted by atomic mass is 9.78. The molecule has 0 spiro atoms. The minimum atomic E-state index is -2.13. The molecule has 0 aliphatic carbocycles. The molecular weight excluding hydrogens is 703 g/mol. The van der Waals surface area contributed by atoms with Crippen LogP contribution in [0.4, 0.5) is 10.5 Å². The molecule has 2 aliphatic heterocycles. The molecular formula is C42H59N3O8Si. The molecule has 0 saturated carbocycles. The van der Waals surface area contributed by atoms with Crippen LogP contribution < -0.4 is 19.7 Å². The van der Waals surface area contributed by atoms with Crippen LogP contribution in [0.25, 0.3) is 0 Å². The van der Waals surface area contributed by atoms with Gasteiger partial charge in [-0.15, -0.1) is 0 Å². The lowest BCUT2D eigenvalue weighted by Gasteiger charge is -2.43. The highest BCUT2D eigenvalue weighted by Crippen LogP contribution is 2.39. The number of benzene rings is 3. The highest BCUT2D eigenvalue weighted by molar-refractivity contribution is 6.74. The summed E-state index contributed by atoms with van der Waals surface area (Å²) in [5, 5.41) is 3.12. The Labute approximate surface area is 322 Å². The second-order valence-corrected chi connectivity index (χ2v) is 20.5. The highest BCUT2D eigenvalue weighted by atomic mass is 28.4. The Kier molecular flexibility index (Phi) is 14.4. The molecule has 0 aromatic heterocycles. The number of anilines is 1. The van der Waals surface area contributed by atoms with Crippen molar-refractivity contribution in [3.05, 3.63) is 89.5 Å². The van der Waals surface area contributed by atoms with Crippen LogP contribution in [-0.2, 0) is 36.6 Å². The number of fused-ring (bicyclic) bond motifs is 1. The maximum absolute atomic E-state index is 13.7. The molecule has 11 nitrogen and oxygen atoms in total. The van der Waals surface area contributed by atoms with Crippen molar-refractivity contribution >= 4 is 26.0 Å². The van der Waals surface area contributed by atoms with Crippen LogP contribution >= 0.6 is 0 Å². The fourth-order valence-corrected chi connectivity index (χ4v) is 7.65. The average molecular weight is 762 g/mol. The van der Waals surface area contributed by atoms with Gasteiger partial charge in [0.25, 0.3) is 0 Å². The van der Waals surface area contributed by atoms with E-state index in [0.29, 0.717) is 39.5 Å². The van der Waals surface area contributed by atoms with Gasteiger partial charge in [-0.25, -0.2) is 4.79 Å². The van der Waals surface area contributed by atoms with Gasteiger partial charge in [-0.3, -0.25) is 4.79 Å². The normalized spacial score (nSPS) is 18.8. The van der Waals surface area contributed by atoms with Gasteiger partial charge in [-0.1, -0.05) is 69.3 Å². The van der Waals surface area contributed by atoms with Gasteiger partial charge in [-0.2, -0.15) is 0 Å². The van der Waals surface area contributed by atoms with Crippen molar-refractivity contribution < 1.29 is 37.7 Å². The number of hydrogen-bond donors (Lipinski definition) is 1. The van der Waals surface area contributed by atoms with Crippen LogP contribution in [0.15, 0.2) is 72.8 Å². The molecule has 0 radical (unpaired) electrons. The van der Waals surface area contributed by atoms with Crippen LogP contribution in [0.3, 0.4) is 0 Å². The number of nitrogens with one attached hydrogen (secondary N) is 1. The Morgan fingerprint density at radius 3 is 2.41 bits per heavy atom. The molecule has 12 heteroatoms. The van der Waals surface area contributed by atoms with Gasteiger partial charge in [0.2, 0.25) is 5.91 Å². The van der Waals surface area contributed by atoms with E-state index in [9.17, 15) is 9.59 Å². The standard InChI is InChI=1S/C42H59N3O8Si/c1-42(2,3)54(6,7)53-30-39(46)43-25-34-26-45(41(47)52-28-31-12-9-8-10-13-31)27-38(40(34)33-15-17-35(49-5)18-16-33)51-29-32-14-19-37-36(24-32)44(21-23-50-37)20-11-22-48-4/h8-10,12-19,24,34,38,40H,11,20-23,25-30H2,1-7H3,(H,43,46)/t34-,38+,40+/m1/s1. The number of likely N-dealkylation sites (tertiary alicyclic amines) is 1. The molecule has 1 N–H and O–H groups in total. The van der Waals surface area contributed by atoms with E-state index in [1.165, 1.54) is 0 Å². The van der Waals surface area contributed by atoms with Crippen molar-refractivity contribution in [2.45, 2.75) is 70.6 Å². The summed E-state index contributed by atoms with van der Waals surface area (Å²) in [6.07, 6.45) is 0.0847. The van der Waals surface area contributed by atoms with Crippen LogP contribution in [-0.4, -0.2) is 98.1 Å². The zero-order valence-electron chi connectivity index (χ0n) is 33.1. The zero-order chi connectivity index (χ0) is 38.7. The Hall–Kier alpha value is -4.10. The van der Waals surface area contributed by atoms with Crippen molar-refractivity contribution in [3.8, 4) is 11.5 Å². The minimum Gasteiger partial charge on any atom is -0.497 e. The third-order valence-electron chi connectivity index (χ3n) is 10.9. The number of amides is 2. The molecule has 294 valence electrons. The van der Waals surface area contributed by atoms with E-state index in [-0.39, 0.29) is 36.0 Å². The molecule has 2 aliphatic rings. The molecule has 1 saturated heterocycles. The molecule has 0 unspecified atom stereocenters. The Bertz CT molecular complexity index is 1650. The Morgan fingerprint density at radius 2 is 1.70 bits per heavy atom. The average Bonchev–Trinajstić information content (AvgIpc) is 3.17. The van der Waals surface area contributed by atoms with Crippen LogP contribution in [0.2, 0.25) is 18.1 Å². The summed E-state index contributed by atoms with van der Waals surface area (Å²) in [7, 11) is 1.24. The third kappa shape index (κ3) is 11.0. The summed E-state index contributed by atoms with van der Waals surface area (Å²) >= 11 is 0. The van der Waals surface area contributed by atoms with Gasteiger partial charge in [-0.05, 0) is 65.5 Å². The molecule has 54 heavy (non-hydrogen) atoms. The van der Waals surface area contributed by atoms with E-state index in [1.807, 2.05) is 66.7 Å². The fourth-order valence-electron chi connectivity index (χ4n) is 6.73. The van der Waals surface area contributed by atoms with E-state index < -0.39 is 20.5 Å². The first kappa shape index (κ1) is 41.1. The van der Waals surface area contributed by atoms with Crippen LogP contribution in [0.1, 0.15) is 49.8 Å². The summed E-state index contributed by atoms with van der Waals surface area (Å²) in [6, 6.07) is 23.8. The lowest BCUT2D eigenvalue weighted by molar-refractivity contribution is -0.124. The number of hydrogen-bond acceptors (Lipinski definition) is 9. The summed E-state index contributed by atoms with van der Waals surface area (Å²) in [4.78, 5) is 31.1. The number of piperidine rings is 1. The first-order valence-corrected chi connectivity index (χ1v) is 21.9. The third-order valence-corrected chi connectivity index (χ3v) is 15.4. The SMILES string of the molecule is COCCCN1CCOc2ccc(CO[C@H]3CN(C(=O)OCc4ccccc4)C[C@@H](CNC(=O)CO[Si](C)(C)C(C)(C)C)[C@@H]3c3ccc(OC)cc3)cc21. The molecule has 3 aromatic carbocycles. The maximum atomic E-state index is 13.7. The number of nitrogens with zero attached hydrogens (tertiary/aromatic N) is 2. The summed E-state index contributed by atoms with van der Waals surface area (Å²) < 4.78 is 35.7. The second-order valence-electron chi connectivity index (χ2n) is 15.7. The van der Waals surface area contributed by atoms with E-state index in [1.54, 1.807) is 19.1 Å². The predicted octanol–water partition coefficient (Wildman–Crippen LogP) is 7.01. The van der Waals surface area contributed by atoms with E-state index >= 15 is 0 Å². The summed E-state index contributed by atoms with van der Waals surface area (Å²) in [5.74, 6) is 1.09. The van der Waals surface area contributed by atoms with Crippen molar-refractivity contribution in [2.24, 2.45) is 5.92 Å². The predicted molar refractivity (Wildman–Crippen MR) is 213 cm³/mol. The molecule has 2 heterocycles. The van der Waals surface area contributed by atoms with Gasteiger partial charge in [0, 0.05) is 45.2 Å².